The summed E-state index contributed by atoms with van der Waals surface area (Å²) >= 11 is 0. The zero-order valence-corrected chi connectivity index (χ0v) is 8.36. The van der Waals surface area contributed by atoms with E-state index in [0.717, 1.165) is 0 Å². The van der Waals surface area contributed by atoms with E-state index in [1.807, 2.05) is 0 Å². The molecule has 0 fully saturated rings. The highest BCUT2D eigenvalue weighted by atomic mass is 14.9. The van der Waals surface area contributed by atoms with Gasteiger partial charge in [-0.25, -0.2) is 0 Å². The van der Waals surface area contributed by atoms with E-state index >= 15 is 0 Å². The minimum absolute atomic E-state index is 0.00900. The van der Waals surface area contributed by atoms with Gasteiger partial charge in [-0.05, 0) is 0 Å². The average Bonchev–Trinajstić information content (AvgIpc) is 2.33. The Hall–Kier alpha value is -2.96. The maximum Gasteiger partial charge on any atom is 0.145 e. The summed E-state index contributed by atoms with van der Waals surface area (Å²) in [6.45, 7) is 0.932. The van der Waals surface area contributed by atoms with E-state index in [1.54, 1.807) is 24.3 Å². The molecule has 0 unspecified atom stereocenters. The Balaban J connectivity index is 3.82. The maximum atomic E-state index is 8.39. The second-order valence-corrected chi connectivity index (χ2v) is 2.47. The Kier molecular flexibility index (Phi) is 7.03. The molecule has 0 heterocycles. The van der Waals surface area contributed by atoms with E-state index in [-0.39, 0.29) is 11.1 Å². The Bertz CT molecular complexity index is 370. The fraction of sp³-hybridized carbons (Fsp3) is 0.200. The minimum atomic E-state index is -0.00900. The highest BCUT2D eigenvalue weighted by Crippen LogP contribution is 1.85. The highest BCUT2D eigenvalue weighted by molar-refractivity contribution is 5.34. The van der Waals surface area contributed by atoms with E-state index in [4.69, 9.17) is 21.0 Å². The van der Waals surface area contributed by atoms with Crippen LogP contribution in [0, 0.1) is 45.3 Å². The van der Waals surface area contributed by atoms with Crippen LogP contribution in [0.1, 0.15) is 0 Å². The Morgan fingerprint density at radius 3 is 1.31 bits per heavy atom. The standard InChI is InChI=1S/C10H8N6/c11-3-9(4-12)7-15-1-2-16-8-10(5-13)6-14/h7-8,15-16H,1-2H2. The summed E-state index contributed by atoms with van der Waals surface area (Å²) in [4.78, 5) is 0. The van der Waals surface area contributed by atoms with Crippen LogP contribution >= 0.6 is 0 Å². The molecule has 0 atom stereocenters. The van der Waals surface area contributed by atoms with Gasteiger partial charge in [-0.1, -0.05) is 0 Å². The third-order valence-electron chi connectivity index (χ3n) is 1.39. The van der Waals surface area contributed by atoms with Gasteiger partial charge in [0.1, 0.15) is 35.4 Å². The number of nitrogens with one attached hydrogen (secondary N) is 2. The molecule has 0 saturated carbocycles. The van der Waals surface area contributed by atoms with Gasteiger partial charge >= 0.3 is 0 Å². The van der Waals surface area contributed by atoms with E-state index in [9.17, 15) is 0 Å². The van der Waals surface area contributed by atoms with E-state index in [0.29, 0.717) is 13.1 Å². The molecule has 0 aromatic carbocycles. The van der Waals surface area contributed by atoms with Crippen LogP contribution in [0.4, 0.5) is 0 Å². The molecule has 0 amide bonds. The van der Waals surface area contributed by atoms with Crippen molar-refractivity contribution in [3.05, 3.63) is 23.5 Å². The van der Waals surface area contributed by atoms with Gasteiger partial charge in [0.25, 0.3) is 0 Å². The first-order chi connectivity index (χ1) is 7.78. The molecule has 0 radical (unpaired) electrons. The summed E-state index contributed by atoms with van der Waals surface area (Å²) in [5, 5.41) is 39.0. The lowest BCUT2D eigenvalue weighted by Gasteiger charge is -2.00. The van der Waals surface area contributed by atoms with Crippen LogP contribution in [0.25, 0.3) is 0 Å². The van der Waals surface area contributed by atoms with E-state index < -0.39 is 0 Å². The lowest BCUT2D eigenvalue weighted by Crippen LogP contribution is -2.21. The Morgan fingerprint density at radius 1 is 0.750 bits per heavy atom. The molecule has 0 spiro atoms. The number of allylic oxidation sites excluding steroid dienone is 2. The number of hydrogen-bond donors (Lipinski definition) is 2. The van der Waals surface area contributed by atoms with E-state index in [1.165, 1.54) is 12.4 Å². The molecule has 0 aliphatic heterocycles. The van der Waals surface area contributed by atoms with Crippen LogP contribution in [0.3, 0.4) is 0 Å². The van der Waals surface area contributed by atoms with Crippen molar-refractivity contribution in [2.75, 3.05) is 13.1 Å². The zero-order valence-electron chi connectivity index (χ0n) is 8.36. The van der Waals surface area contributed by atoms with Crippen LogP contribution in [0.5, 0.6) is 0 Å². The van der Waals surface area contributed by atoms with Crippen LogP contribution in [0.2, 0.25) is 0 Å². The van der Waals surface area contributed by atoms with Gasteiger partial charge in [0.15, 0.2) is 0 Å². The third kappa shape index (κ3) is 5.65. The fourth-order valence-corrected chi connectivity index (χ4v) is 0.672. The number of nitrogens with zero attached hydrogens (tertiary/aromatic N) is 4. The normalized spacial score (nSPS) is 7.00. The molecule has 0 aromatic heterocycles. The second kappa shape index (κ2) is 8.63. The van der Waals surface area contributed by atoms with Crippen molar-refractivity contribution in [1.82, 2.24) is 10.6 Å². The summed E-state index contributed by atoms with van der Waals surface area (Å²) in [5.74, 6) is 0. The first-order valence-corrected chi connectivity index (χ1v) is 4.26. The monoisotopic (exact) mass is 212 g/mol. The molecule has 0 bridgehead atoms. The van der Waals surface area contributed by atoms with Crippen molar-refractivity contribution >= 4 is 0 Å². The molecular formula is C10H8N6. The lowest BCUT2D eigenvalue weighted by molar-refractivity contribution is 0.764. The van der Waals surface area contributed by atoms with Gasteiger partial charge in [0, 0.05) is 25.5 Å². The predicted octanol–water partition coefficient (Wildman–Crippen LogP) is 0.0277. The average molecular weight is 212 g/mol. The third-order valence-corrected chi connectivity index (χ3v) is 1.39. The number of rotatable bonds is 5. The fourth-order valence-electron chi connectivity index (χ4n) is 0.672. The minimum Gasteiger partial charge on any atom is -0.387 e. The molecule has 0 rings (SSSR count). The Labute approximate surface area is 93.3 Å². The molecule has 6 heteroatoms. The molecule has 0 saturated heterocycles. The summed E-state index contributed by atoms with van der Waals surface area (Å²) in [6.07, 6.45) is 2.61. The maximum absolute atomic E-state index is 8.39. The quantitative estimate of drug-likeness (QED) is 0.490. The molecule has 16 heavy (non-hydrogen) atoms. The summed E-state index contributed by atoms with van der Waals surface area (Å²) in [7, 11) is 0. The molecule has 0 aliphatic carbocycles. The predicted molar refractivity (Wildman–Crippen MR) is 54.6 cm³/mol. The topological polar surface area (TPSA) is 119 Å². The van der Waals surface area contributed by atoms with E-state index in [2.05, 4.69) is 10.6 Å². The molecule has 0 aliphatic rings. The molecule has 6 nitrogen and oxygen atoms in total. The SMILES string of the molecule is N#CC(C#N)=CNCCNC=C(C#N)C#N. The van der Waals surface area contributed by atoms with Gasteiger partial charge in [0.05, 0.1) is 0 Å². The molecular weight excluding hydrogens is 204 g/mol. The summed E-state index contributed by atoms with van der Waals surface area (Å²) in [5.41, 5.74) is -0.0180. The zero-order chi connectivity index (χ0) is 12.2. The summed E-state index contributed by atoms with van der Waals surface area (Å²) < 4.78 is 0. The number of nitriles is 4. The van der Waals surface area contributed by atoms with Crippen LogP contribution in [-0.4, -0.2) is 13.1 Å². The van der Waals surface area contributed by atoms with Gasteiger partial charge < -0.3 is 10.6 Å². The summed E-state index contributed by atoms with van der Waals surface area (Å²) in [6, 6.07) is 6.79. The van der Waals surface area contributed by atoms with Crippen LogP contribution < -0.4 is 10.6 Å². The van der Waals surface area contributed by atoms with Gasteiger partial charge in [-0.2, -0.15) is 21.0 Å². The highest BCUT2D eigenvalue weighted by Gasteiger charge is 1.90. The van der Waals surface area contributed by atoms with Crippen LogP contribution in [0.15, 0.2) is 23.5 Å². The van der Waals surface area contributed by atoms with Crippen LogP contribution in [-0.2, 0) is 0 Å². The largest absolute Gasteiger partial charge is 0.387 e. The van der Waals surface area contributed by atoms with Crippen molar-refractivity contribution in [3.8, 4) is 24.3 Å². The van der Waals surface area contributed by atoms with Crippen molar-refractivity contribution in [2.45, 2.75) is 0 Å². The first-order valence-electron chi connectivity index (χ1n) is 4.26. The van der Waals surface area contributed by atoms with Crippen molar-refractivity contribution in [3.63, 3.8) is 0 Å². The lowest BCUT2D eigenvalue weighted by atomic mass is 10.3. The Morgan fingerprint density at radius 2 is 1.06 bits per heavy atom. The smallest absolute Gasteiger partial charge is 0.145 e. The van der Waals surface area contributed by atoms with Gasteiger partial charge in [-0.3, -0.25) is 0 Å². The molecule has 2 N–H and O–H groups in total. The first kappa shape index (κ1) is 13.0. The molecule has 0 aromatic rings. The molecule has 78 valence electrons. The van der Waals surface area contributed by atoms with Crippen molar-refractivity contribution in [1.29, 1.82) is 21.0 Å². The van der Waals surface area contributed by atoms with Crippen molar-refractivity contribution < 1.29 is 0 Å². The number of hydrogen-bond acceptors (Lipinski definition) is 6. The second-order valence-electron chi connectivity index (χ2n) is 2.47. The van der Waals surface area contributed by atoms with Gasteiger partial charge in [0.2, 0.25) is 0 Å². The van der Waals surface area contributed by atoms with Gasteiger partial charge in [-0.15, -0.1) is 0 Å². The van der Waals surface area contributed by atoms with Crippen molar-refractivity contribution in [2.24, 2.45) is 0 Å².